The maximum Gasteiger partial charge on any atom is 0.306 e. The zero-order valence-corrected chi connectivity index (χ0v) is 28.8. The van der Waals surface area contributed by atoms with Crippen molar-refractivity contribution in [2.45, 2.75) is 135 Å². The van der Waals surface area contributed by atoms with Crippen LogP contribution in [0.5, 0.6) is 0 Å². The molecular formula is C36H63N3O7. The second-order valence-electron chi connectivity index (χ2n) is 15.4. The fraction of sp³-hybridized carbons (Fsp3) is 0.917. The Morgan fingerprint density at radius 3 is 2.00 bits per heavy atom. The van der Waals surface area contributed by atoms with Crippen molar-refractivity contribution >= 4 is 17.9 Å². The number of aliphatic hydroxyl groups is 1. The summed E-state index contributed by atoms with van der Waals surface area (Å²) in [5.41, 5.74) is 16.8. The first-order chi connectivity index (χ1) is 22.0. The van der Waals surface area contributed by atoms with Crippen LogP contribution < -0.4 is 17.2 Å². The van der Waals surface area contributed by atoms with Crippen LogP contribution in [-0.2, 0) is 28.6 Å². The molecule has 0 bridgehead atoms. The molecule has 11 atom stereocenters. The summed E-state index contributed by atoms with van der Waals surface area (Å²) in [5, 5.41) is 9.62. The number of hydrogen-bond donors (Lipinski definition) is 4. The Bertz CT molecular complexity index is 1030. The van der Waals surface area contributed by atoms with Gasteiger partial charge in [-0.15, -0.1) is 0 Å². The summed E-state index contributed by atoms with van der Waals surface area (Å²) in [5.74, 6) is 0.931. The molecule has 0 aromatic rings. The zero-order valence-electron chi connectivity index (χ0n) is 28.8. The van der Waals surface area contributed by atoms with Gasteiger partial charge in [0, 0.05) is 37.2 Å². The van der Waals surface area contributed by atoms with Gasteiger partial charge in [-0.2, -0.15) is 0 Å². The number of rotatable bonds is 16. The summed E-state index contributed by atoms with van der Waals surface area (Å²) in [6, 6.07) is 0. The molecule has 4 rings (SSSR count). The predicted molar refractivity (Wildman–Crippen MR) is 176 cm³/mol. The van der Waals surface area contributed by atoms with Gasteiger partial charge in [-0.05, 0) is 132 Å². The van der Waals surface area contributed by atoms with Gasteiger partial charge in [-0.1, -0.05) is 20.8 Å². The van der Waals surface area contributed by atoms with E-state index >= 15 is 0 Å². The molecule has 4 saturated carbocycles. The van der Waals surface area contributed by atoms with Crippen LogP contribution >= 0.6 is 0 Å². The molecule has 0 spiro atoms. The van der Waals surface area contributed by atoms with E-state index in [1.165, 1.54) is 0 Å². The van der Waals surface area contributed by atoms with Crippen LogP contribution in [0.1, 0.15) is 117 Å². The van der Waals surface area contributed by atoms with Gasteiger partial charge in [0.1, 0.15) is 18.3 Å². The third-order valence-corrected chi connectivity index (χ3v) is 12.9. The molecule has 3 unspecified atom stereocenters. The van der Waals surface area contributed by atoms with E-state index in [9.17, 15) is 19.5 Å². The first-order valence-electron chi connectivity index (χ1n) is 18.3. The van der Waals surface area contributed by atoms with E-state index in [-0.39, 0.29) is 77.3 Å². The molecule has 0 aliphatic heterocycles. The topological polar surface area (TPSA) is 177 Å². The fourth-order valence-electron chi connectivity index (χ4n) is 10.5. The molecule has 10 nitrogen and oxygen atoms in total. The quantitative estimate of drug-likeness (QED) is 0.140. The molecule has 0 saturated heterocycles. The Kier molecular flexibility index (Phi) is 13.4. The van der Waals surface area contributed by atoms with Crippen molar-refractivity contribution in [3.63, 3.8) is 0 Å². The van der Waals surface area contributed by atoms with Crippen molar-refractivity contribution in [2.75, 3.05) is 26.2 Å². The summed E-state index contributed by atoms with van der Waals surface area (Å²) < 4.78 is 18.9. The van der Waals surface area contributed by atoms with Crippen LogP contribution in [0.25, 0.3) is 0 Å². The van der Waals surface area contributed by atoms with Crippen molar-refractivity contribution in [2.24, 2.45) is 63.5 Å². The van der Waals surface area contributed by atoms with E-state index in [1.54, 1.807) is 0 Å². The van der Waals surface area contributed by atoms with Crippen molar-refractivity contribution in [3.8, 4) is 0 Å². The highest BCUT2D eigenvalue weighted by atomic mass is 16.6. The third-order valence-electron chi connectivity index (χ3n) is 12.9. The maximum absolute atomic E-state index is 13.3. The Balaban J connectivity index is 1.68. The number of carbonyl (C=O) groups excluding carboxylic acids is 3. The van der Waals surface area contributed by atoms with Crippen LogP contribution in [0.2, 0.25) is 0 Å². The van der Waals surface area contributed by atoms with Gasteiger partial charge in [0.15, 0.2) is 0 Å². The van der Waals surface area contributed by atoms with Crippen molar-refractivity contribution in [3.05, 3.63) is 0 Å². The minimum absolute atomic E-state index is 0.0607. The number of nitrogens with two attached hydrogens (primary N) is 3. The average molecular weight is 650 g/mol. The lowest BCUT2D eigenvalue weighted by atomic mass is 9.43. The number of fused-ring (bicyclic) bond motifs is 5. The molecule has 0 heterocycles. The van der Waals surface area contributed by atoms with E-state index in [2.05, 4.69) is 20.8 Å². The maximum atomic E-state index is 13.3. The van der Waals surface area contributed by atoms with Crippen molar-refractivity contribution in [1.29, 1.82) is 0 Å². The lowest BCUT2D eigenvalue weighted by Crippen LogP contribution is -2.63. The smallest absolute Gasteiger partial charge is 0.306 e. The average Bonchev–Trinajstić information content (AvgIpc) is 3.39. The zero-order chi connectivity index (χ0) is 33.5. The molecule has 46 heavy (non-hydrogen) atoms. The summed E-state index contributed by atoms with van der Waals surface area (Å²) >= 11 is 0. The molecule has 264 valence electrons. The van der Waals surface area contributed by atoms with Crippen molar-refractivity contribution < 1.29 is 33.7 Å². The normalized spacial score (nSPS) is 37.4. The molecule has 0 aromatic heterocycles. The number of ether oxygens (including phenoxy) is 3. The second-order valence-corrected chi connectivity index (χ2v) is 15.4. The fourth-order valence-corrected chi connectivity index (χ4v) is 10.5. The highest BCUT2D eigenvalue weighted by Crippen LogP contribution is 2.69. The first-order valence-corrected chi connectivity index (χ1v) is 18.3. The third kappa shape index (κ3) is 7.92. The summed E-state index contributed by atoms with van der Waals surface area (Å²) in [7, 11) is 0. The molecule has 0 aromatic carbocycles. The van der Waals surface area contributed by atoms with Gasteiger partial charge in [-0.25, -0.2) is 0 Å². The summed E-state index contributed by atoms with van der Waals surface area (Å²) in [6.07, 6.45) is 9.75. The van der Waals surface area contributed by atoms with Gasteiger partial charge in [0.25, 0.3) is 0 Å². The second kappa shape index (κ2) is 16.6. The van der Waals surface area contributed by atoms with E-state index in [1.807, 2.05) is 0 Å². The number of esters is 3. The van der Waals surface area contributed by atoms with Gasteiger partial charge < -0.3 is 36.5 Å². The van der Waals surface area contributed by atoms with Gasteiger partial charge in [-0.3, -0.25) is 14.4 Å². The molecule has 0 radical (unpaired) electrons. The Morgan fingerprint density at radius 2 is 1.39 bits per heavy atom. The van der Waals surface area contributed by atoms with E-state index in [4.69, 9.17) is 31.4 Å². The van der Waals surface area contributed by atoms with Gasteiger partial charge >= 0.3 is 17.9 Å². The Morgan fingerprint density at radius 1 is 0.783 bits per heavy atom. The molecule has 7 N–H and O–H groups in total. The molecule has 4 aliphatic carbocycles. The predicted octanol–water partition coefficient (Wildman–Crippen LogP) is 4.23. The van der Waals surface area contributed by atoms with Gasteiger partial charge in [0.05, 0.1) is 0 Å². The van der Waals surface area contributed by atoms with E-state index in [0.29, 0.717) is 70.0 Å². The number of carbonyl (C=O) groups is 3. The Hall–Kier alpha value is -1.75. The van der Waals surface area contributed by atoms with Gasteiger partial charge in [0.2, 0.25) is 0 Å². The SMILES string of the molecule is C[C@H](CCCO)C1CC[C@H]2C3[C@H](OC(=O)CCCN)CC4C[C@H](OC(=O)CCCN)CC[C@]4(C)[C@H]3C[C@H](OC(=O)CCCN)[C@]12C. The van der Waals surface area contributed by atoms with Crippen molar-refractivity contribution in [1.82, 2.24) is 0 Å². The molecule has 4 fully saturated rings. The minimum Gasteiger partial charge on any atom is -0.462 e. The van der Waals surface area contributed by atoms with Crippen LogP contribution in [0.4, 0.5) is 0 Å². The number of hydrogen-bond acceptors (Lipinski definition) is 10. The number of aliphatic hydroxyl groups excluding tert-OH is 1. The highest BCUT2D eigenvalue weighted by molar-refractivity contribution is 5.70. The standard InChI is InChI=1S/C36H63N3O7/c1-23(8-7-19-40)26-12-13-27-34-28(22-30(36(26,27)3)46-33(43)11-6-18-39)35(2)15-14-25(44-31(41)9-4-16-37)20-24(35)21-29(34)45-32(42)10-5-17-38/h23-30,34,40H,4-22,37-39H2,1-3H3/t23-,24?,25-,26?,27+,28+,29-,30+,34?,35+,36-/m1/s1. The lowest BCUT2D eigenvalue weighted by molar-refractivity contribution is -0.226. The van der Waals surface area contributed by atoms with Crippen LogP contribution in [0.15, 0.2) is 0 Å². The van der Waals surface area contributed by atoms with Crippen LogP contribution in [0, 0.1) is 46.3 Å². The summed E-state index contributed by atoms with van der Waals surface area (Å²) in [6.45, 7) is 8.52. The lowest BCUT2D eigenvalue weighted by Gasteiger charge is -2.64. The summed E-state index contributed by atoms with van der Waals surface area (Å²) in [4.78, 5) is 39.0. The monoisotopic (exact) mass is 649 g/mol. The largest absolute Gasteiger partial charge is 0.462 e. The van der Waals surface area contributed by atoms with E-state index < -0.39 is 0 Å². The van der Waals surface area contributed by atoms with Crippen LogP contribution in [0.3, 0.4) is 0 Å². The Labute approximate surface area is 276 Å². The van der Waals surface area contributed by atoms with Crippen LogP contribution in [-0.4, -0.2) is 67.6 Å². The molecule has 4 aliphatic rings. The molecule has 10 heteroatoms. The van der Waals surface area contributed by atoms with E-state index in [0.717, 1.165) is 57.8 Å². The molecular weight excluding hydrogens is 586 g/mol. The highest BCUT2D eigenvalue weighted by Gasteiger charge is 2.67. The molecule has 0 amide bonds. The first kappa shape index (κ1) is 37.1. The minimum atomic E-state index is -0.269.